The Morgan fingerprint density at radius 2 is 2.10 bits per heavy atom. The quantitative estimate of drug-likeness (QED) is 0.432. The minimum Gasteiger partial charge on any atom is -0.132 e. The highest BCUT2D eigenvalue weighted by molar-refractivity contribution is 7.38. The summed E-state index contributed by atoms with van der Waals surface area (Å²) >= 11 is 0. The molecule has 0 aliphatic heterocycles. The van der Waals surface area contributed by atoms with Crippen molar-refractivity contribution in [1.82, 2.24) is 0 Å². The molecule has 0 spiro atoms. The number of rotatable bonds is 3. The average molecular weight is 154 g/mol. The van der Waals surface area contributed by atoms with Crippen molar-refractivity contribution in [3.63, 3.8) is 0 Å². The maximum atomic E-state index is 3.87. The lowest BCUT2D eigenvalue weighted by molar-refractivity contribution is 0.547. The lowest BCUT2D eigenvalue weighted by Gasteiger charge is -2.24. The normalized spacial score (nSPS) is 16.4. The summed E-state index contributed by atoms with van der Waals surface area (Å²) in [5, 5.41) is 0.155. The Balaban J connectivity index is 4.53. The predicted octanol–water partition coefficient (Wildman–Crippen LogP) is 3.12. The van der Waals surface area contributed by atoms with Gasteiger partial charge in [-0.05, 0) is 18.9 Å². The lowest BCUT2D eigenvalue weighted by Crippen LogP contribution is -2.20. The third kappa shape index (κ3) is 2.14. The van der Waals surface area contributed by atoms with Gasteiger partial charge in [-0.25, -0.2) is 0 Å². The van der Waals surface area contributed by atoms with Gasteiger partial charge in [0.05, 0.1) is 0 Å². The van der Waals surface area contributed by atoms with Gasteiger partial charge in [-0.15, -0.1) is 13.9 Å². The summed E-state index contributed by atoms with van der Waals surface area (Å²) in [6, 6.07) is 0. The van der Waals surface area contributed by atoms with E-state index in [0.29, 0.717) is 5.92 Å². The van der Waals surface area contributed by atoms with E-state index in [1.54, 1.807) is 0 Å². The lowest BCUT2D eigenvalue weighted by atomic mass is 9.97. The Morgan fingerprint density at radius 1 is 1.60 bits per heavy atom. The molecule has 0 aliphatic rings. The highest BCUT2D eigenvalue weighted by Gasteiger charge is 2.21. The van der Waals surface area contributed by atoms with Crippen molar-refractivity contribution in [2.75, 3.05) is 0 Å². The van der Waals surface area contributed by atoms with Crippen LogP contribution in [0.3, 0.4) is 0 Å². The zero-order valence-electron chi connectivity index (χ0n) is 7.02. The first-order valence-electron chi connectivity index (χ1n) is 3.41. The molecule has 0 bridgehead atoms. The summed E-state index contributed by atoms with van der Waals surface area (Å²) in [5.74, 6) is 0.598. The predicted molar refractivity (Wildman–Crippen MR) is 51.0 cm³/mol. The van der Waals surface area contributed by atoms with Crippen molar-refractivity contribution in [3.8, 4) is 0 Å². The smallest absolute Gasteiger partial charge is 0.0364 e. The fourth-order valence-corrected chi connectivity index (χ4v) is 1.15. The third-order valence-corrected chi connectivity index (χ3v) is 3.23. The summed E-state index contributed by atoms with van der Waals surface area (Å²) in [6.45, 7) is 10.1. The van der Waals surface area contributed by atoms with Crippen LogP contribution < -0.4 is 0 Å². The molecule has 10 heavy (non-hydrogen) atoms. The topological polar surface area (TPSA) is 0 Å². The molecule has 1 atom stereocenters. The van der Waals surface area contributed by atoms with Crippen LogP contribution in [-0.2, 0) is 0 Å². The van der Waals surface area contributed by atoms with E-state index in [4.69, 9.17) is 0 Å². The molecule has 0 saturated heterocycles. The van der Waals surface area contributed by atoms with Crippen LogP contribution in [0.25, 0.3) is 0 Å². The minimum absolute atomic E-state index is 0.155. The molecule has 0 nitrogen and oxygen atoms in total. The summed E-state index contributed by atoms with van der Waals surface area (Å²) in [6.07, 6.45) is 5.88. The third-order valence-electron chi connectivity index (χ3n) is 1.90. The van der Waals surface area contributed by atoms with Gasteiger partial charge >= 0.3 is 0 Å². The largest absolute Gasteiger partial charge is 0.132 e. The van der Waals surface area contributed by atoms with Crippen molar-refractivity contribution in [3.05, 3.63) is 18.4 Å². The van der Waals surface area contributed by atoms with E-state index >= 15 is 0 Å². The van der Waals surface area contributed by atoms with Gasteiger partial charge < -0.3 is 0 Å². The van der Waals surface area contributed by atoms with E-state index in [1.807, 2.05) is 6.08 Å². The molecular formula is C9H15P. The van der Waals surface area contributed by atoms with Crippen molar-refractivity contribution >= 4 is 14.5 Å². The fourth-order valence-electron chi connectivity index (χ4n) is 0.602. The molecule has 0 aromatic heterocycles. The Bertz CT molecular complexity index is 164. The van der Waals surface area contributed by atoms with Gasteiger partial charge in [-0.3, -0.25) is 0 Å². The Labute approximate surface area is 65.5 Å². The summed E-state index contributed by atoms with van der Waals surface area (Å²) in [5.41, 5.74) is 2.82. The van der Waals surface area contributed by atoms with Crippen molar-refractivity contribution in [2.24, 2.45) is 5.92 Å². The first-order valence-corrected chi connectivity index (χ1v) is 4.49. The second-order valence-corrected chi connectivity index (χ2v) is 4.17. The minimum atomic E-state index is 0.155. The van der Waals surface area contributed by atoms with Gasteiger partial charge in [0.2, 0.25) is 0 Å². The van der Waals surface area contributed by atoms with Gasteiger partial charge in [0.15, 0.2) is 0 Å². The summed E-state index contributed by atoms with van der Waals surface area (Å²) < 4.78 is 0. The SMILES string of the molecule is C=C=CC(C)(P=C)C(C)C. The molecule has 56 valence electrons. The second-order valence-electron chi connectivity index (χ2n) is 2.89. The number of hydrogen-bond donors (Lipinski definition) is 0. The standard InChI is InChI=1S/C9H15P/c1-6-7-9(4,10-5)8(2)3/h7-8H,1,5H2,2-4H3. The number of allylic oxidation sites excluding steroid dienone is 1. The van der Waals surface area contributed by atoms with Crippen LogP contribution in [0.5, 0.6) is 0 Å². The molecule has 0 N–H and O–H groups in total. The highest BCUT2D eigenvalue weighted by atomic mass is 31.1. The van der Waals surface area contributed by atoms with Crippen molar-refractivity contribution < 1.29 is 0 Å². The van der Waals surface area contributed by atoms with Crippen LogP contribution in [-0.4, -0.2) is 11.5 Å². The maximum absolute atomic E-state index is 3.87. The Morgan fingerprint density at radius 3 is 2.20 bits per heavy atom. The first-order chi connectivity index (χ1) is 4.56. The van der Waals surface area contributed by atoms with Crippen LogP contribution in [0.4, 0.5) is 0 Å². The highest BCUT2D eigenvalue weighted by Crippen LogP contribution is 2.31. The monoisotopic (exact) mass is 154 g/mol. The van der Waals surface area contributed by atoms with E-state index in [0.717, 1.165) is 8.20 Å². The van der Waals surface area contributed by atoms with E-state index in [-0.39, 0.29) is 5.16 Å². The first kappa shape index (κ1) is 9.69. The zero-order chi connectivity index (χ0) is 8.20. The van der Waals surface area contributed by atoms with Gasteiger partial charge in [-0.1, -0.05) is 26.7 Å². The zero-order valence-corrected chi connectivity index (χ0v) is 7.91. The Hall–Kier alpha value is -0.310. The van der Waals surface area contributed by atoms with Crippen LogP contribution in [0.1, 0.15) is 20.8 Å². The molecule has 0 rings (SSSR count). The molecule has 0 aromatic carbocycles. The summed E-state index contributed by atoms with van der Waals surface area (Å²) in [4.78, 5) is 0. The molecule has 0 aliphatic carbocycles. The molecule has 1 heteroatoms. The van der Waals surface area contributed by atoms with E-state index in [2.05, 4.69) is 39.4 Å². The van der Waals surface area contributed by atoms with E-state index < -0.39 is 0 Å². The molecule has 0 amide bonds. The fraction of sp³-hybridized carbons (Fsp3) is 0.556. The maximum Gasteiger partial charge on any atom is 0.0364 e. The molecular weight excluding hydrogens is 139 g/mol. The second kappa shape index (κ2) is 3.76. The van der Waals surface area contributed by atoms with E-state index in [9.17, 15) is 0 Å². The van der Waals surface area contributed by atoms with Crippen LogP contribution in [0.2, 0.25) is 0 Å². The molecule has 0 saturated carbocycles. The molecule has 0 aromatic rings. The molecule has 0 radical (unpaired) electrons. The Kier molecular flexibility index (Phi) is 3.64. The number of hydrogen-bond acceptors (Lipinski definition) is 0. The van der Waals surface area contributed by atoms with Crippen LogP contribution in [0.15, 0.2) is 18.4 Å². The van der Waals surface area contributed by atoms with Crippen molar-refractivity contribution in [2.45, 2.75) is 25.9 Å². The molecule has 0 fully saturated rings. The van der Waals surface area contributed by atoms with Gasteiger partial charge in [0, 0.05) is 5.16 Å². The van der Waals surface area contributed by atoms with Crippen LogP contribution >= 0.6 is 8.20 Å². The van der Waals surface area contributed by atoms with E-state index in [1.165, 1.54) is 0 Å². The molecule has 0 heterocycles. The average Bonchev–Trinajstić information content (AvgIpc) is 1.88. The van der Waals surface area contributed by atoms with Gasteiger partial charge in [0.25, 0.3) is 0 Å². The molecule has 1 unspecified atom stereocenters. The van der Waals surface area contributed by atoms with Gasteiger partial charge in [-0.2, -0.15) is 0 Å². The summed E-state index contributed by atoms with van der Waals surface area (Å²) in [7, 11) is 1.14. The van der Waals surface area contributed by atoms with Crippen LogP contribution in [0, 0.1) is 5.92 Å². The van der Waals surface area contributed by atoms with Gasteiger partial charge in [0.1, 0.15) is 0 Å². The van der Waals surface area contributed by atoms with Crippen molar-refractivity contribution in [1.29, 1.82) is 0 Å².